The van der Waals surface area contributed by atoms with Gasteiger partial charge in [-0.3, -0.25) is 9.59 Å². The van der Waals surface area contributed by atoms with Gasteiger partial charge in [-0.1, -0.05) is 6.07 Å². The smallest absolute Gasteiger partial charge is 0.267 e. The first kappa shape index (κ1) is 20.2. The van der Waals surface area contributed by atoms with E-state index in [1.165, 1.54) is 7.11 Å². The van der Waals surface area contributed by atoms with E-state index in [9.17, 15) is 9.59 Å². The first-order valence-electron chi connectivity index (χ1n) is 9.06. The fraction of sp³-hybridized carbons (Fsp3) is 0.238. The molecule has 0 radical (unpaired) electrons. The minimum absolute atomic E-state index is 0.0420. The van der Waals surface area contributed by atoms with Crippen LogP contribution in [0.4, 0.5) is 0 Å². The number of carbonyl (C=O) groups excluding carboxylic acids is 2. The number of rotatable bonds is 8. The van der Waals surface area contributed by atoms with Gasteiger partial charge in [-0.2, -0.15) is 0 Å². The highest BCUT2D eigenvalue weighted by atomic mass is 16.7. The van der Waals surface area contributed by atoms with Crippen LogP contribution >= 0.6 is 0 Å². The molecule has 2 aromatic rings. The average molecular weight is 398 g/mol. The van der Waals surface area contributed by atoms with Crippen LogP contribution in [0.15, 0.2) is 48.2 Å². The maximum absolute atomic E-state index is 12.6. The van der Waals surface area contributed by atoms with Crippen LogP contribution in [0.2, 0.25) is 0 Å². The lowest BCUT2D eigenvalue weighted by molar-refractivity contribution is -0.117. The highest BCUT2D eigenvalue weighted by Crippen LogP contribution is 2.33. The number of nitrogens with one attached hydrogen (secondary N) is 2. The topological polar surface area (TPSA) is 106 Å². The van der Waals surface area contributed by atoms with Crippen molar-refractivity contribution >= 4 is 17.9 Å². The summed E-state index contributed by atoms with van der Waals surface area (Å²) >= 11 is 0. The third-order valence-corrected chi connectivity index (χ3v) is 4.17. The van der Waals surface area contributed by atoms with Gasteiger partial charge in [0, 0.05) is 18.7 Å². The summed E-state index contributed by atoms with van der Waals surface area (Å²) in [4.78, 5) is 25.2. The fourth-order valence-electron chi connectivity index (χ4n) is 2.64. The number of aliphatic hydroxyl groups excluding tert-OH is 1. The number of carbonyl (C=O) groups is 2. The van der Waals surface area contributed by atoms with Gasteiger partial charge in [-0.25, -0.2) is 0 Å². The van der Waals surface area contributed by atoms with Crippen LogP contribution in [0, 0.1) is 0 Å². The van der Waals surface area contributed by atoms with Gasteiger partial charge < -0.3 is 30.0 Å². The molecule has 0 spiro atoms. The molecule has 8 nitrogen and oxygen atoms in total. The molecule has 0 saturated heterocycles. The lowest BCUT2D eigenvalue weighted by atomic mass is 10.1. The largest absolute Gasteiger partial charge is 0.497 e. The third kappa shape index (κ3) is 5.26. The number of ether oxygens (including phenoxy) is 3. The summed E-state index contributed by atoms with van der Waals surface area (Å²) in [6, 6.07) is 11.8. The molecule has 2 amide bonds. The number of hydrogen-bond donors (Lipinski definition) is 3. The van der Waals surface area contributed by atoms with Crippen molar-refractivity contribution in [1.82, 2.24) is 10.6 Å². The molecular formula is C21H22N2O6. The van der Waals surface area contributed by atoms with Gasteiger partial charge in [0.2, 0.25) is 6.79 Å². The van der Waals surface area contributed by atoms with E-state index in [-0.39, 0.29) is 25.6 Å². The molecule has 0 aromatic heterocycles. The van der Waals surface area contributed by atoms with Crippen molar-refractivity contribution in [3.63, 3.8) is 0 Å². The van der Waals surface area contributed by atoms with E-state index >= 15 is 0 Å². The molecule has 1 aliphatic heterocycles. The van der Waals surface area contributed by atoms with Crippen LogP contribution < -0.4 is 24.8 Å². The summed E-state index contributed by atoms with van der Waals surface area (Å²) in [7, 11) is 1.54. The molecule has 3 rings (SSSR count). The molecule has 0 atom stereocenters. The molecule has 3 N–H and O–H groups in total. The highest BCUT2D eigenvalue weighted by molar-refractivity contribution is 6.05. The molecule has 0 aliphatic carbocycles. The Kier molecular flexibility index (Phi) is 6.70. The molecule has 0 saturated carbocycles. The summed E-state index contributed by atoms with van der Waals surface area (Å²) in [5.74, 6) is 0.924. The van der Waals surface area contributed by atoms with Gasteiger partial charge in [0.15, 0.2) is 11.5 Å². The van der Waals surface area contributed by atoms with Crippen molar-refractivity contribution in [3.05, 3.63) is 59.3 Å². The van der Waals surface area contributed by atoms with Crippen LogP contribution in [0.1, 0.15) is 22.3 Å². The molecule has 1 heterocycles. The number of hydrogen-bond acceptors (Lipinski definition) is 6. The van der Waals surface area contributed by atoms with E-state index in [4.69, 9.17) is 19.3 Å². The minimum atomic E-state index is -0.460. The van der Waals surface area contributed by atoms with Gasteiger partial charge in [0.1, 0.15) is 11.4 Å². The number of fused-ring (bicyclic) bond motifs is 1. The summed E-state index contributed by atoms with van der Waals surface area (Å²) in [5.41, 5.74) is 1.12. The van der Waals surface area contributed by atoms with Crippen molar-refractivity contribution in [2.75, 3.05) is 27.1 Å². The Labute approximate surface area is 168 Å². The van der Waals surface area contributed by atoms with Crippen LogP contribution in [-0.4, -0.2) is 44.0 Å². The van der Waals surface area contributed by atoms with E-state index in [2.05, 4.69) is 10.6 Å². The predicted octanol–water partition coefficient (Wildman–Crippen LogP) is 1.69. The zero-order chi connectivity index (χ0) is 20.6. The Balaban J connectivity index is 1.81. The lowest BCUT2D eigenvalue weighted by Gasteiger charge is -2.11. The average Bonchev–Trinajstić information content (AvgIpc) is 3.21. The second-order valence-corrected chi connectivity index (χ2v) is 6.19. The molecule has 152 valence electrons. The van der Waals surface area contributed by atoms with Crippen molar-refractivity contribution in [1.29, 1.82) is 0 Å². The summed E-state index contributed by atoms with van der Waals surface area (Å²) in [6.45, 7) is 0.386. The van der Waals surface area contributed by atoms with E-state index in [0.29, 0.717) is 34.8 Å². The minimum Gasteiger partial charge on any atom is -0.497 e. The summed E-state index contributed by atoms with van der Waals surface area (Å²) < 4.78 is 15.7. The van der Waals surface area contributed by atoms with Crippen LogP contribution in [0.25, 0.3) is 6.08 Å². The van der Waals surface area contributed by atoms with Crippen molar-refractivity contribution in [2.45, 2.75) is 6.42 Å². The standard InChI is InChI=1S/C21H22N2O6/c1-27-16-6-4-15(5-7-16)20(25)23-17(21(26)22-9-2-10-24)11-14-3-8-18-19(12-14)29-13-28-18/h3-8,11-12,24H,2,9-10,13H2,1H3,(H,22,26)(H,23,25)/b17-11-. The zero-order valence-electron chi connectivity index (χ0n) is 15.9. The summed E-state index contributed by atoms with van der Waals surface area (Å²) in [5, 5.41) is 14.2. The third-order valence-electron chi connectivity index (χ3n) is 4.17. The molecule has 29 heavy (non-hydrogen) atoms. The normalized spacial score (nSPS) is 12.4. The molecule has 2 aromatic carbocycles. The Morgan fingerprint density at radius 3 is 2.62 bits per heavy atom. The first-order chi connectivity index (χ1) is 14.1. The van der Waals surface area contributed by atoms with Gasteiger partial charge in [-0.15, -0.1) is 0 Å². The highest BCUT2D eigenvalue weighted by Gasteiger charge is 2.17. The lowest BCUT2D eigenvalue weighted by Crippen LogP contribution is -2.35. The number of benzene rings is 2. The van der Waals surface area contributed by atoms with E-state index in [1.807, 2.05) is 0 Å². The van der Waals surface area contributed by atoms with Crippen molar-refractivity contribution < 1.29 is 28.9 Å². The summed E-state index contributed by atoms with van der Waals surface area (Å²) in [6.07, 6.45) is 1.97. The molecule has 0 bridgehead atoms. The number of methoxy groups -OCH3 is 1. The second kappa shape index (κ2) is 9.61. The number of aliphatic hydroxyl groups is 1. The quantitative estimate of drug-likeness (QED) is 0.462. The maximum Gasteiger partial charge on any atom is 0.267 e. The van der Waals surface area contributed by atoms with Crippen LogP contribution in [0.3, 0.4) is 0 Å². The van der Waals surface area contributed by atoms with Crippen molar-refractivity contribution in [3.8, 4) is 17.2 Å². The van der Waals surface area contributed by atoms with Gasteiger partial charge in [0.25, 0.3) is 11.8 Å². The van der Waals surface area contributed by atoms with E-state index in [0.717, 1.165) is 0 Å². The Morgan fingerprint density at radius 2 is 1.90 bits per heavy atom. The van der Waals surface area contributed by atoms with Crippen LogP contribution in [-0.2, 0) is 4.79 Å². The molecular weight excluding hydrogens is 376 g/mol. The maximum atomic E-state index is 12.6. The molecule has 1 aliphatic rings. The Hall–Kier alpha value is -3.52. The zero-order valence-corrected chi connectivity index (χ0v) is 15.9. The monoisotopic (exact) mass is 398 g/mol. The Morgan fingerprint density at radius 1 is 1.14 bits per heavy atom. The van der Waals surface area contributed by atoms with Gasteiger partial charge in [0.05, 0.1) is 7.11 Å². The van der Waals surface area contributed by atoms with Gasteiger partial charge in [-0.05, 0) is 54.5 Å². The Bertz CT molecular complexity index is 908. The second-order valence-electron chi connectivity index (χ2n) is 6.19. The fourth-order valence-corrected chi connectivity index (χ4v) is 2.64. The van der Waals surface area contributed by atoms with E-state index in [1.54, 1.807) is 48.5 Å². The van der Waals surface area contributed by atoms with Crippen LogP contribution in [0.5, 0.6) is 17.2 Å². The van der Waals surface area contributed by atoms with Gasteiger partial charge >= 0.3 is 0 Å². The van der Waals surface area contributed by atoms with E-state index < -0.39 is 11.8 Å². The SMILES string of the molecule is COc1ccc(C(=O)N/C(=C\c2ccc3c(c2)OCO3)C(=O)NCCCO)cc1. The first-order valence-corrected chi connectivity index (χ1v) is 9.06. The molecule has 0 fully saturated rings. The number of amides is 2. The predicted molar refractivity (Wildman–Crippen MR) is 106 cm³/mol. The van der Waals surface area contributed by atoms with Crippen molar-refractivity contribution in [2.24, 2.45) is 0 Å². The molecule has 8 heteroatoms. The molecule has 0 unspecified atom stereocenters.